The molecule has 118 valence electrons. The van der Waals surface area contributed by atoms with E-state index in [4.69, 9.17) is 58.0 Å². The molecule has 0 radical (unpaired) electrons. The number of H-pyrrole nitrogens is 1. The van der Waals surface area contributed by atoms with Crippen molar-refractivity contribution < 1.29 is 13.2 Å². The zero-order valence-corrected chi connectivity index (χ0v) is 13.9. The fraction of sp³-hybridized carbons (Fsp3) is 0.0833. The van der Waals surface area contributed by atoms with Gasteiger partial charge in [-0.1, -0.05) is 58.0 Å². The number of pyridine rings is 1. The van der Waals surface area contributed by atoms with Crippen LogP contribution in [0.2, 0.25) is 25.1 Å². The van der Waals surface area contributed by atoms with Crippen LogP contribution >= 0.6 is 58.0 Å². The standard InChI is InChI=1S/C12H3Cl5F3NO/c13-6-5(7(14)9(16)10(17)8(6)15)3-1-2-4(22)21-11(3)12(18,19)20/h1-2H,(H,21,22). The van der Waals surface area contributed by atoms with Crippen molar-refractivity contribution in [2.24, 2.45) is 0 Å². The quantitative estimate of drug-likeness (QED) is 0.432. The summed E-state index contributed by atoms with van der Waals surface area (Å²) < 4.78 is 39.3. The summed E-state index contributed by atoms with van der Waals surface area (Å²) in [6.07, 6.45) is -4.85. The van der Waals surface area contributed by atoms with Crippen molar-refractivity contribution in [2.45, 2.75) is 6.18 Å². The van der Waals surface area contributed by atoms with E-state index in [1.807, 2.05) is 0 Å². The van der Waals surface area contributed by atoms with Gasteiger partial charge in [-0.3, -0.25) is 4.79 Å². The van der Waals surface area contributed by atoms with Crippen molar-refractivity contribution >= 4 is 58.0 Å². The normalized spacial score (nSPS) is 11.8. The average molecular weight is 411 g/mol. The molecule has 22 heavy (non-hydrogen) atoms. The van der Waals surface area contributed by atoms with Gasteiger partial charge in [-0.15, -0.1) is 0 Å². The van der Waals surface area contributed by atoms with Gasteiger partial charge in [-0.2, -0.15) is 13.2 Å². The molecule has 0 fully saturated rings. The van der Waals surface area contributed by atoms with Gasteiger partial charge in [0.1, 0.15) is 5.69 Å². The second kappa shape index (κ2) is 6.13. The van der Waals surface area contributed by atoms with E-state index in [1.54, 1.807) is 4.98 Å². The minimum Gasteiger partial charge on any atom is -0.318 e. The van der Waals surface area contributed by atoms with Crippen LogP contribution in [0.1, 0.15) is 5.69 Å². The van der Waals surface area contributed by atoms with Crippen molar-refractivity contribution in [3.63, 3.8) is 0 Å². The topological polar surface area (TPSA) is 32.9 Å². The number of hydrogen-bond acceptors (Lipinski definition) is 1. The van der Waals surface area contributed by atoms with E-state index in [-0.39, 0.29) is 30.7 Å². The molecule has 0 unspecified atom stereocenters. The number of alkyl halides is 3. The predicted molar refractivity (Wildman–Crippen MR) is 82.6 cm³/mol. The lowest BCUT2D eigenvalue weighted by atomic mass is 10.0. The third-order valence-electron chi connectivity index (χ3n) is 2.68. The summed E-state index contributed by atoms with van der Waals surface area (Å²) in [7, 11) is 0. The Bertz CT molecular complexity index is 787. The molecule has 1 heterocycles. The van der Waals surface area contributed by atoms with Crippen molar-refractivity contribution in [1.29, 1.82) is 0 Å². The molecule has 0 atom stereocenters. The summed E-state index contributed by atoms with van der Waals surface area (Å²) in [6.45, 7) is 0. The molecule has 0 aliphatic carbocycles. The molecule has 0 bridgehead atoms. The molecule has 0 spiro atoms. The van der Waals surface area contributed by atoms with Gasteiger partial charge in [-0.05, 0) is 6.07 Å². The minimum atomic E-state index is -4.85. The van der Waals surface area contributed by atoms with Crippen LogP contribution in [0, 0.1) is 0 Å². The van der Waals surface area contributed by atoms with Crippen LogP contribution in [-0.4, -0.2) is 4.98 Å². The zero-order valence-electron chi connectivity index (χ0n) is 10.1. The number of aromatic amines is 1. The lowest BCUT2D eigenvalue weighted by Crippen LogP contribution is -2.17. The maximum atomic E-state index is 13.1. The molecule has 2 aromatic rings. The van der Waals surface area contributed by atoms with Crippen LogP contribution in [0.15, 0.2) is 16.9 Å². The van der Waals surface area contributed by atoms with Gasteiger partial charge < -0.3 is 4.98 Å². The van der Waals surface area contributed by atoms with Gasteiger partial charge in [-0.25, -0.2) is 0 Å². The highest BCUT2D eigenvalue weighted by Crippen LogP contribution is 2.49. The fourth-order valence-corrected chi connectivity index (χ4v) is 3.09. The van der Waals surface area contributed by atoms with Gasteiger partial charge >= 0.3 is 6.18 Å². The highest BCUT2D eigenvalue weighted by Gasteiger charge is 2.36. The Morgan fingerprint density at radius 2 is 1.27 bits per heavy atom. The van der Waals surface area contributed by atoms with Crippen molar-refractivity contribution in [2.75, 3.05) is 0 Å². The SMILES string of the molecule is O=c1ccc(-c2c(Cl)c(Cl)c(Cl)c(Cl)c2Cl)c(C(F)(F)F)[nH]1. The van der Waals surface area contributed by atoms with Crippen LogP contribution in [0.5, 0.6) is 0 Å². The van der Waals surface area contributed by atoms with Gasteiger partial charge in [0.05, 0.1) is 25.1 Å². The van der Waals surface area contributed by atoms with E-state index in [0.717, 1.165) is 12.1 Å². The van der Waals surface area contributed by atoms with Crippen LogP contribution in [0.3, 0.4) is 0 Å². The van der Waals surface area contributed by atoms with Gasteiger partial charge in [0.15, 0.2) is 0 Å². The lowest BCUT2D eigenvalue weighted by Gasteiger charge is -2.16. The van der Waals surface area contributed by atoms with Crippen molar-refractivity contribution in [3.05, 3.63) is 53.3 Å². The number of benzene rings is 1. The van der Waals surface area contributed by atoms with E-state index in [1.165, 1.54) is 0 Å². The summed E-state index contributed by atoms with van der Waals surface area (Å²) in [4.78, 5) is 12.9. The molecule has 10 heteroatoms. The lowest BCUT2D eigenvalue weighted by molar-refractivity contribution is -0.140. The first-order valence-corrected chi connectivity index (χ1v) is 7.27. The Morgan fingerprint density at radius 3 is 1.73 bits per heavy atom. The number of hydrogen-bond donors (Lipinski definition) is 1. The smallest absolute Gasteiger partial charge is 0.318 e. The first kappa shape index (κ1) is 17.8. The molecule has 0 saturated carbocycles. The van der Waals surface area contributed by atoms with Gasteiger partial charge in [0.25, 0.3) is 0 Å². The molecular weight excluding hydrogens is 408 g/mol. The number of rotatable bonds is 1. The van der Waals surface area contributed by atoms with Crippen LogP contribution in [0.25, 0.3) is 11.1 Å². The summed E-state index contributed by atoms with van der Waals surface area (Å²) in [5.41, 5.74) is -3.00. The molecule has 2 nitrogen and oxygen atoms in total. The largest absolute Gasteiger partial charge is 0.431 e. The average Bonchev–Trinajstić information content (AvgIpc) is 2.43. The molecule has 1 N–H and O–H groups in total. The molecule has 0 aliphatic rings. The Labute approximate surface area is 146 Å². The van der Waals surface area contributed by atoms with Crippen LogP contribution in [0.4, 0.5) is 13.2 Å². The zero-order chi connectivity index (χ0) is 16.8. The highest BCUT2D eigenvalue weighted by atomic mass is 35.5. The second-order valence-electron chi connectivity index (χ2n) is 4.05. The number of halogens is 8. The Kier molecular flexibility index (Phi) is 4.95. The summed E-state index contributed by atoms with van der Waals surface area (Å²) >= 11 is 29.4. The molecule has 0 amide bonds. The van der Waals surface area contributed by atoms with Gasteiger partial charge in [0.2, 0.25) is 5.56 Å². The predicted octanol–water partition coefficient (Wildman–Crippen LogP) is 6.33. The molecule has 1 aromatic carbocycles. The highest BCUT2D eigenvalue weighted by molar-refractivity contribution is 6.56. The maximum absolute atomic E-state index is 13.1. The Hall–Kier alpha value is -0.590. The first-order chi connectivity index (χ1) is 10.1. The van der Waals surface area contributed by atoms with E-state index >= 15 is 0 Å². The molecule has 0 aliphatic heterocycles. The summed E-state index contributed by atoms with van der Waals surface area (Å²) in [5, 5.41) is -1.28. The summed E-state index contributed by atoms with van der Waals surface area (Å²) in [6, 6.07) is 1.82. The van der Waals surface area contributed by atoms with Crippen molar-refractivity contribution in [3.8, 4) is 11.1 Å². The van der Waals surface area contributed by atoms with E-state index in [0.29, 0.717) is 0 Å². The van der Waals surface area contributed by atoms with E-state index in [2.05, 4.69) is 0 Å². The van der Waals surface area contributed by atoms with E-state index < -0.39 is 23.0 Å². The third kappa shape index (κ3) is 3.05. The Balaban J connectivity index is 2.93. The Morgan fingerprint density at radius 1 is 0.818 bits per heavy atom. The van der Waals surface area contributed by atoms with Crippen LogP contribution in [-0.2, 0) is 6.18 Å². The summed E-state index contributed by atoms with van der Waals surface area (Å²) in [5.74, 6) is 0. The minimum absolute atomic E-state index is 0.180. The first-order valence-electron chi connectivity index (χ1n) is 5.38. The number of aromatic nitrogens is 1. The van der Waals surface area contributed by atoms with Crippen molar-refractivity contribution in [1.82, 2.24) is 4.98 Å². The van der Waals surface area contributed by atoms with Gasteiger partial charge in [0, 0.05) is 17.2 Å². The third-order valence-corrected chi connectivity index (χ3v) is 4.96. The monoisotopic (exact) mass is 409 g/mol. The molecule has 0 saturated heterocycles. The molecule has 2 rings (SSSR count). The number of nitrogens with one attached hydrogen (secondary N) is 1. The second-order valence-corrected chi connectivity index (χ2v) is 5.94. The molecule has 1 aromatic heterocycles. The maximum Gasteiger partial charge on any atom is 0.431 e. The van der Waals surface area contributed by atoms with E-state index in [9.17, 15) is 18.0 Å². The molecular formula is C12H3Cl5F3NO. The fourth-order valence-electron chi connectivity index (χ4n) is 1.75. The van der Waals surface area contributed by atoms with Crippen LogP contribution < -0.4 is 5.56 Å².